The van der Waals surface area contributed by atoms with Crippen molar-refractivity contribution in [3.05, 3.63) is 35.4 Å². The van der Waals surface area contributed by atoms with Gasteiger partial charge in [0.15, 0.2) is 0 Å². The lowest BCUT2D eigenvalue weighted by Crippen LogP contribution is -2.31. The molecule has 0 aliphatic heterocycles. The molecule has 0 aliphatic carbocycles. The first kappa shape index (κ1) is 15.0. The minimum Gasteiger partial charge on any atom is -0.329 e. The fourth-order valence-corrected chi connectivity index (χ4v) is 1.97. The topological polar surface area (TPSA) is 52.0 Å². The van der Waals surface area contributed by atoms with E-state index >= 15 is 0 Å². The fraction of sp³-hybridized carbons (Fsp3) is 0.538. The summed E-state index contributed by atoms with van der Waals surface area (Å²) in [6.45, 7) is 2.28. The van der Waals surface area contributed by atoms with Crippen molar-refractivity contribution in [2.75, 3.05) is 6.54 Å². The average Bonchev–Trinajstić information content (AvgIpc) is 2.34. The third-order valence-electron chi connectivity index (χ3n) is 3.07. The van der Waals surface area contributed by atoms with Crippen molar-refractivity contribution in [2.24, 2.45) is 11.5 Å². The first-order valence-corrected chi connectivity index (χ1v) is 6.01. The normalized spacial score (nSPS) is 15.4. The number of alkyl halides is 3. The summed E-state index contributed by atoms with van der Waals surface area (Å²) in [4.78, 5) is 0. The van der Waals surface area contributed by atoms with E-state index in [0.29, 0.717) is 18.5 Å². The van der Waals surface area contributed by atoms with Gasteiger partial charge in [-0.15, -0.1) is 0 Å². The van der Waals surface area contributed by atoms with E-state index < -0.39 is 11.7 Å². The van der Waals surface area contributed by atoms with Gasteiger partial charge >= 0.3 is 6.18 Å². The maximum atomic E-state index is 12.6. The van der Waals surface area contributed by atoms with Crippen molar-refractivity contribution in [3.63, 3.8) is 0 Å². The third kappa shape index (κ3) is 3.99. The highest BCUT2D eigenvalue weighted by atomic mass is 19.4. The molecule has 0 heterocycles. The molecule has 18 heavy (non-hydrogen) atoms. The van der Waals surface area contributed by atoms with Gasteiger partial charge in [0.05, 0.1) is 5.56 Å². The minimum atomic E-state index is -4.30. The summed E-state index contributed by atoms with van der Waals surface area (Å²) in [6.07, 6.45) is -2.95. The second-order valence-electron chi connectivity index (χ2n) is 4.46. The molecule has 4 N–H and O–H groups in total. The van der Waals surface area contributed by atoms with Crippen molar-refractivity contribution >= 4 is 0 Å². The van der Waals surface area contributed by atoms with E-state index in [2.05, 4.69) is 0 Å². The van der Waals surface area contributed by atoms with Crippen LogP contribution in [0.2, 0.25) is 0 Å². The molecular formula is C13H19F3N2. The molecule has 0 amide bonds. The van der Waals surface area contributed by atoms with E-state index in [4.69, 9.17) is 11.5 Å². The van der Waals surface area contributed by atoms with Crippen LogP contribution in [0.5, 0.6) is 0 Å². The zero-order valence-electron chi connectivity index (χ0n) is 10.4. The Bertz CT molecular complexity index is 377. The van der Waals surface area contributed by atoms with E-state index in [9.17, 15) is 13.2 Å². The van der Waals surface area contributed by atoms with E-state index in [-0.39, 0.29) is 12.0 Å². The van der Waals surface area contributed by atoms with Crippen LogP contribution in [0.1, 0.15) is 36.8 Å². The number of benzene rings is 1. The molecule has 1 aromatic rings. The SMILES string of the molecule is CCC(CC(N)CN)c1cccc(C(F)(F)F)c1. The summed E-state index contributed by atoms with van der Waals surface area (Å²) in [5.41, 5.74) is 11.3. The van der Waals surface area contributed by atoms with Crippen molar-refractivity contribution in [1.29, 1.82) is 0 Å². The highest BCUT2D eigenvalue weighted by molar-refractivity contribution is 5.28. The molecule has 5 heteroatoms. The summed E-state index contributed by atoms with van der Waals surface area (Å²) < 4.78 is 37.9. The first-order chi connectivity index (χ1) is 8.38. The maximum Gasteiger partial charge on any atom is 0.416 e. The lowest BCUT2D eigenvalue weighted by molar-refractivity contribution is -0.137. The predicted octanol–water partition coefficient (Wildman–Crippen LogP) is 2.88. The van der Waals surface area contributed by atoms with Crippen molar-refractivity contribution in [3.8, 4) is 0 Å². The number of hydrogen-bond acceptors (Lipinski definition) is 2. The van der Waals surface area contributed by atoms with Crippen LogP contribution >= 0.6 is 0 Å². The number of nitrogens with two attached hydrogens (primary N) is 2. The fourth-order valence-electron chi connectivity index (χ4n) is 1.97. The molecular weight excluding hydrogens is 241 g/mol. The summed E-state index contributed by atoms with van der Waals surface area (Å²) in [5.74, 6) is 0.0193. The van der Waals surface area contributed by atoms with Gasteiger partial charge in [-0.05, 0) is 30.4 Å². The van der Waals surface area contributed by atoms with E-state index in [1.807, 2.05) is 6.92 Å². The number of halogens is 3. The lowest BCUT2D eigenvalue weighted by atomic mass is 9.89. The zero-order chi connectivity index (χ0) is 13.8. The van der Waals surface area contributed by atoms with Crippen LogP contribution in [0, 0.1) is 0 Å². The monoisotopic (exact) mass is 260 g/mol. The third-order valence-corrected chi connectivity index (χ3v) is 3.07. The summed E-state index contributed by atoms with van der Waals surface area (Å²) in [6, 6.07) is 5.27. The van der Waals surface area contributed by atoms with Crippen molar-refractivity contribution in [2.45, 2.75) is 37.9 Å². The average molecular weight is 260 g/mol. The van der Waals surface area contributed by atoms with Crippen molar-refractivity contribution in [1.82, 2.24) is 0 Å². The van der Waals surface area contributed by atoms with Crippen LogP contribution in [0.15, 0.2) is 24.3 Å². The van der Waals surface area contributed by atoms with Crippen LogP contribution < -0.4 is 11.5 Å². The van der Waals surface area contributed by atoms with Gasteiger partial charge in [-0.3, -0.25) is 0 Å². The van der Waals surface area contributed by atoms with Gasteiger partial charge in [0, 0.05) is 12.6 Å². The van der Waals surface area contributed by atoms with Crippen molar-refractivity contribution < 1.29 is 13.2 Å². The molecule has 0 spiro atoms. The summed E-state index contributed by atoms with van der Waals surface area (Å²) in [5, 5.41) is 0. The Hall–Kier alpha value is -1.07. The zero-order valence-corrected chi connectivity index (χ0v) is 10.4. The molecule has 0 saturated heterocycles. The first-order valence-electron chi connectivity index (χ1n) is 6.01. The van der Waals surface area contributed by atoms with E-state index in [1.54, 1.807) is 6.07 Å². The molecule has 0 fully saturated rings. The molecule has 0 aromatic heterocycles. The molecule has 0 bridgehead atoms. The highest BCUT2D eigenvalue weighted by Gasteiger charge is 2.30. The molecule has 2 nitrogen and oxygen atoms in total. The van der Waals surface area contributed by atoms with Gasteiger partial charge in [-0.25, -0.2) is 0 Å². The second kappa shape index (κ2) is 6.20. The van der Waals surface area contributed by atoms with Gasteiger partial charge in [0.2, 0.25) is 0 Å². The molecule has 1 aromatic carbocycles. The smallest absolute Gasteiger partial charge is 0.329 e. The van der Waals surface area contributed by atoms with Crippen LogP contribution in [-0.4, -0.2) is 12.6 Å². The number of rotatable bonds is 5. The van der Waals surface area contributed by atoms with Crippen LogP contribution in [0.3, 0.4) is 0 Å². The Morgan fingerprint density at radius 3 is 2.44 bits per heavy atom. The molecule has 2 unspecified atom stereocenters. The summed E-state index contributed by atoms with van der Waals surface area (Å²) in [7, 11) is 0. The minimum absolute atomic E-state index is 0.0193. The van der Waals surface area contributed by atoms with Crippen LogP contribution in [0.4, 0.5) is 13.2 Å². The Labute approximate surface area is 105 Å². The molecule has 0 saturated carbocycles. The molecule has 0 aliphatic rings. The molecule has 102 valence electrons. The Kier molecular flexibility index (Phi) is 5.16. The van der Waals surface area contributed by atoms with E-state index in [0.717, 1.165) is 12.5 Å². The Morgan fingerprint density at radius 1 is 1.28 bits per heavy atom. The largest absolute Gasteiger partial charge is 0.416 e. The van der Waals surface area contributed by atoms with Crippen LogP contribution in [-0.2, 0) is 6.18 Å². The van der Waals surface area contributed by atoms with Gasteiger partial charge in [-0.1, -0.05) is 25.1 Å². The van der Waals surface area contributed by atoms with Gasteiger partial charge < -0.3 is 11.5 Å². The lowest BCUT2D eigenvalue weighted by Gasteiger charge is -2.20. The van der Waals surface area contributed by atoms with Gasteiger partial charge in [0.25, 0.3) is 0 Å². The highest BCUT2D eigenvalue weighted by Crippen LogP contribution is 2.32. The standard InChI is InChI=1S/C13H19F3N2/c1-2-9(7-12(18)8-17)10-4-3-5-11(6-10)13(14,15)16/h3-6,9,12H,2,7-8,17-18H2,1H3. The molecule has 1 rings (SSSR count). The molecule has 0 radical (unpaired) electrons. The Balaban J connectivity index is 2.93. The Morgan fingerprint density at radius 2 is 1.94 bits per heavy atom. The molecule has 2 atom stereocenters. The van der Waals surface area contributed by atoms with Gasteiger partial charge in [-0.2, -0.15) is 13.2 Å². The second-order valence-corrected chi connectivity index (χ2v) is 4.46. The van der Waals surface area contributed by atoms with Crippen LogP contribution in [0.25, 0.3) is 0 Å². The predicted molar refractivity (Wildman–Crippen MR) is 66.1 cm³/mol. The quantitative estimate of drug-likeness (QED) is 0.855. The van der Waals surface area contributed by atoms with E-state index in [1.165, 1.54) is 12.1 Å². The number of hydrogen-bond donors (Lipinski definition) is 2. The van der Waals surface area contributed by atoms with Gasteiger partial charge in [0.1, 0.15) is 0 Å². The summed E-state index contributed by atoms with van der Waals surface area (Å²) >= 11 is 0. The maximum absolute atomic E-state index is 12.6.